The predicted molar refractivity (Wildman–Crippen MR) is 82.0 cm³/mol. The van der Waals surface area contributed by atoms with Gasteiger partial charge in [0.05, 0.1) is 11.3 Å². The zero-order valence-electron chi connectivity index (χ0n) is 12.0. The molecule has 0 unspecified atom stereocenters. The number of benzene rings is 2. The number of para-hydroxylation sites is 2. The average Bonchev–Trinajstić information content (AvgIpc) is 2.90. The van der Waals surface area contributed by atoms with E-state index in [0.29, 0.717) is 0 Å². The van der Waals surface area contributed by atoms with Crippen molar-refractivity contribution in [2.75, 3.05) is 5.32 Å². The van der Waals surface area contributed by atoms with E-state index in [-0.39, 0.29) is 12.2 Å². The van der Waals surface area contributed by atoms with Crippen LogP contribution in [0.25, 0.3) is 10.9 Å². The van der Waals surface area contributed by atoms with Gasteiger partial charge in [0.25, 0.3) is 0 Å². The van der Waals surface area contributed by atoms with Crippen molar-refractivity contribution in [2.45, 2.75) is 12.7 Å². The summed E-state index contributed by atoms with van der Waals surface area (Å²) < 4.78 is 40.5. The fourth-order valence-electron chi connectivity index (χ4n) is 2.46. The van der Waals surface area contributed by atoms with E-state index < -0.39 is 17.6 Å². The third kappa shape index (κ3) is 3.21. The number of fused-ring (bicyclic) bond motifs is 1. The van der Waals surface area contributed by atoms with Crippen molar-refractivity contribution in [3.05, 3.63) is 66.4 Å². The number of hydrogen-bond acceptors (Lipinski definition) is 1. The molecule has 0 spiro atoms. The molecule has 0 fully saturated rings. The Morgan fingerprint density at radius 2 is 1.70 bits per heavy atom. The monoisotopic (exact) mass is 318 g/mol. The first-order valence-electron chi connectivity index (χ1n) is 6.95. The normalized spacial score (nSPS) is 11.6. The molecule has 2 aromatic carbocycles. The summed E-state index contributed by atoms with van der Waals surface area (Å²) in [6, 6.07) is 14.3. The number of halogens is 3. The van der Waals surface area contributed by atoms with Crippen LogP contribution in [0.3, 0.4) is 0 Å². The lowest BCUT2D eigenvalue weighted by molar-refractivity contribution is -0.137. The molecule has 118 valence electrons. The molecule has 1 amide bonds. The fraction of sp³-hybridized carbons (Fsp3) is 0.118. The van der Waals surface area contributed by atoms with Crippen molar-refractivity contribution < 1.29 is 18.0 Å². The molecule has 0 aliphatic heterocycles. The van der Waals surface area contributed by atoms with Gasteiger partial charge in [0.2, 0.25) is 5.91 Å². The van der Waals surface area contributed by atoms with Crippen molar-refractivity contribution >= 4 is 22.5 Å². The highest BCUT2D eigenvalue weighted by molar-refractivity contribution is 5.92. The minimum atomic E-state index is -4.51. The average molecular weight is 318 g/mol. The van der Waals surface area contributed by atoms with Crippen LogP contribution in [0.5, 0.6) is 0 Å². The molecule has 0 saturated carbocycles. The molecule has 0 atom stereocenters. The Balaban J connectivity index is 1.81. The minimum Gasteiger partial charge on any atom is -0.338 e. The van der Waals surface area contributed by atoms with Gasteiger partial charge >= 0.3 is 6.18 Å². The first-order chi connectivity index (χ1) is 10.9. The number of nitrogens with one attached hydrogen (secondary N) is 1. The number of anilines is 1. The molecule has 1 N–H and O–H groups in total. The number of amides is 1. The van der Waals surface area contributed by atoms with Crippen LogP contribution in [-0.2, 0) is 17.5 Å². The van der Waals surface area contributed by atoms with Crippen LogP contribution in [0, 0.1) is 0 Å². The molecule has 23 heavy (non-hydrogen) atoms. The molecule has 3 rings (SSSR count). The molecule has 1 aromatic heterocycles. The topological polar surface area (TPSA) is 34.0 Å². The van der Waals surface area contributed by atoms with E-state index in [4.69, 9.17) is 0 Å². The quantitative estimate of drug-likeness (QED) is 0.767. The molecule has 3 aromatic rings. The van der Waals surface area contributed by atoms with Gasteiger partial charge in [-0.25, -0.2) is 0 Å². The number of rotatable bonds is 3. The molecular formula is C17H13F3N2O. The number of carbonyl (C=O) groups is 1. The summed E-state index contributed by atoms with van der Waals surface area (Å²) in [6.45, 7) is -0.0558. The van der Waals surface area contributed by atoms with E-state index in [9.17, 15) is 18.0 Å². The fourth-order valence-corrected chi connectivity index (χ4v) is 2.46. The highest BCUT2D eigenvalue weighted by Crippen LogP contribution is 2.34. The van der Waals surface area contributed by atoms with Crippen LogP contribution in [0.4, 0.5) is 18.9 Å². The second kappa shape index (κ2) is 5.79. The lowest BCUT2D eigenvalue weighted by Gasteiger charge is -2.14. The smallest absolute Gasteiger partial charge is 0.338 e. The molecule has 0 saturated heterocycles. The molecule has 0 aliphatic carbocycles. The number of hydrogen-bond donors (Lipinski definition) is 1. The lowest BCUT2D eigenvalue weighted by Crippen LogP contribution is -2.20. The van der Waals surface area contributed by atoms with Crippen LogP contribution in [0.2, 0.25) is 0 Å². The zero-order valence-corrected chi connectivity index (χ0v) is 12.0. The SMILES string of the molecule is O=C(Cn1ccc2ccccc21)Nc1ccccc1C(F)(F)F. The largest absolute Gasteiger partial charge is 0.418 e. The Kier molecular flexibility index (Phi) is 3.82. The molecule has 0 aliphatic rings. The van der Waals surface area contributed by atoms with Crippen molar-refractivity contribution in [2.24, 2.45) is 0 Å². The van der Waals surface area contributed by atoms with Crippen LogP contribution in [0.1, 0.15) is 5.56 Å². The first-order valence-corrected chi connectivity index (χ1v) is 6.95. The molecule has 3 nitrogen and oxygen atoms in total. The van der Waals surface area contributed by atoms with E-state index in [1.807, 2.05) is 30.3 Å². The van der Waals surface area contributed by atoms with Gasteiger partial charge in [-0.2, -0.15) is 13.2 Å². The third-order valence-electron chi connectivity index (χ3n) is 3.50. The molecule has 0 bridgehead atoms. The van der Waals surface area contributed by atoms with Gasteiger partial charge in [-0.15, -0.1) is 0 Å². The summed E-state index contributed by atoms with van der Waals surface area (Å²) in [5.41, 5.74) is -0.237. The molecule has 1 heterocycles. The van der Waals surface area contributed by atoms with Crippen molar-refractivity contribution in [3.8, 4) is 0 Å². The maximum absolute atomic E-state index is 12.9. The second-order valence-corrected chi connectivity index (χ2v) is 5.09. The van der Waals surface area contributed by atoms with Gasteiger partial charge in [-0.05, 0) is 29.7 Å². The second-order valence-electron chi connectivity index (χ2n) is 5.09. The van der Waals surface area contributed by atoms with Crippen LogP contribution in [-0.4, -0.2) is 10.5 Å². The maximum atomic E-state index is 12.9. The number of carbonyl (C=O) groups excluding carboxylic acids is 1. The number of alkyl halides is 3. The Bertz CT molecular complexity index is 852. The Morgan fingerprint density at radius 1 is 1.00 bits per heavy atom. The molecular weight excluding hydrogens is 305 g/mol. The molecule has 0 radical (unpaired) electrons. The Morgan fingerprint density at radius 3 is 2.48 bits per heavy atom. The van der Waals surface area contributed by atoms with E-state index in [1.165, 1.54) is 18.2 Å². The summed E-state index contributed by atoms with van der Waals surface area (Å²) >= 11 is 0. The van der Waals surface area contributed by atoms with Crippen molar-refractivity contribution in [1.82, 2.24) is 4.57 Å². The zero-order chi connectivity index (χ0) is 16.4. The Labute approximate surface area is 130 Å². The van der Waals surface area contributed by atoms with E-state index in [0.717, 1.165) is 17.0 Å². The third-order valence-corrected chi connectivity index (χ3v) is 3.50. The summed E-state index contributed by atoms with van der Waals surface area (Å²) in [6.07, 6.45) is -2.77. The minimum absolute atomic E-state index is 0.0558. The van der Waals surface area contributed by atoms with Gasteiger partial charge in [0, 0.05) is 11.7 Å². The highest BCUT2D eigenvalue weighted by atomic mass is 19.4. The van der Waals surface area contributed by atoms with Crippen molar-refractivity contribution in [1.29, 1.82) is 0 Å². The first kappa shape index (κ1) is 15.1. The standard InChI is InChI=1S/C17H13F3N2O/c18-17(19,20)13-6-2-3-7-14(13)21-16(23)11-22-10-9-12-5-1-4-8-15(12)22/h1-10H,11H2,(H,21,23). The predicted octanol–water partition coefficient (Wildman–Crippen LogP) is 4.30. The van der Waals surface area contributed by atoms with E-state index in [2.05, 4.69) is 5.32 Å². The summed E-state index contributed by atoms with van der Waals surface area (Å²) in [4.78, 5) is 12.1. The molecule has 6 heteroatoms. The summed E-state index contributed by atoms with van der Waals surface area (Å²) in [5, 5.41) is 3.31. The van der Waals surface area contributed by atoms with Crippen LogP contribution >= 0.6 is 0 Å². The van der Waals surface area contributed by atoms with Gasteiger partial charge in [-0.1, -0.05) is 30.3 Å². The van der Waals surface area contributed by atoms with E-state index in [1.54, 1.807) is 10.8 Å². The number of aromatic nitrogens is 1. The van der Waals surface area contributed by atoms with Crippen molar-refractivity contribution in [3.63, 3.8) is 0 Å². The maximum Gasteiger partial charge on any atom is 0.418 e. The van der Waals surface area contributed by atoms with E-state index >= 15 is 0 Å². The van der Waals surface area contributed by atoms with Gasteiger partial charge in [0.1, 0.15) is 6.54 Å². The Hall–Kier alpha value is -2.76. The lowest BCUT2D eigenvalue weighted by atomic mass is 10.1. The van der Waals surface area contributed by atoms with Gasteiger partial charge in [0.15, 0.2) is 0 Å². The number of nitrogens with zero attached hydrogens (tertiary/aromatic N) is 1. The van der Waals surface area contributed by atoms with Crippen LogP contribution < -0.4 is 5.32 Å². The van der Waals surface area contributed by atoms with Gasteiger partial charge < -0.3 is 9.88 Å². The highest BCUT2D eigenvalue weighted by Gasteiger charge is 2.33. The summed E-state index contributed by atoms with van der Waals surface area (Å²) in [5.74, 6) is -0.511. The van der Waals surface area contributed by atoms with Gasteiger partial charge in [-0.3, -0.25) is 4.79 Å². The summed E-state index contributed by atoms with van der Waals surface area (Å²) in [7, 11) is 0. The van der Waals surface area contributed by atoms with Crippen LogP contribution in [0.15, 0.2) is 60.8 Å².